The van der Waals surface area contributed by atoms with Crippen LogP contribution in [0.4, 0.5) is 10.8 Å². The summed E-state index contributed by atoms with van der Waals surface area (Å²) in [4.78, 5) is 43.5. The SMILES string of the molecule is Cc1nc(NC(=O)CN2CCCC(C(=O)Nc3ccc(C(N)=O)cc3)C2)sc1C. The molecule has 1 atom stereocenters. The Morgan fingerprint density at radius 1 is 1.21 bits per heavy atom. The third kappa shape index (κ3) is 5.61. The lowest BCUT2D eigenvalue weighted by atomic mass is 9.97. The van der Waals surface area contributed by atoms with E-state index in [0.717, 1.165) is 30.0 Å². The van der Waals surface area contributed by atoms with Gasteiger partial charge in [-0.15, -0.1) is 11.3 Å². The van der Waals surface area contributed by atoms with Crippen molar-refractivity contribution in [2.75, 3.05) is 30.3 Å². The summed E-state index contributed by atoms with van der Waals surface area (Å²) in [6.07, 6.45) is 1.62. The van der Waals surface area contributed by atoms with Crippen molar-refractivity contribution in [3.05, 3.63) is 40.4 Å². The molecule has 0 aliphatic carbocycles. The average molecular weight is 416 g/mol. The Hall–Kier alpha value is -2.78. The molecule has 0 radical (unpaired) electrons. The fourth-order valence-electron chi connectivity index (χ4n) is 3.26. The normalized spacial score (nSPS) is 17.0. The second kappa shape index (κ2) is 9.15. The zero-order chi connectivity index (χ0) is 21.0. The van der Waals surface area contributed by atoms with Gasteiger partial charge in [-0.2, -0.15) is 0 Å². The zero-order valence-electron chi connectivity index (χ0n) is 16.5. The molecule has 3 amide bonds. The van der Waals surface area contributed by atoms with Gasteiger partial charge in [0.1, 0.15) is 0 Å². The van der Waals surface area contributed by atoms with E-state index in [9.17, 15) is 14.4 Å². The van der Waals surface area contributed by atoms with Crippen LogP contribution in [0.5, 0.6) is 0 Å². The van der Waals surface area contributed by atoms with Gasteiger partial charge in [0, 0.05) is 22.7 Å². The predicted octanol–water partition coefficient (Wildman–Crippen LogP) is 2.15. The molecule has 1 unspecified atom stereocenters. The second-order valence-corrected chi connectivity index (χ2v) is 8.42. The number of thiazole rings is 1. The number of hydrogen-bond acceptors (Lipinski definition) is 6. The number of benzene rings is 1. The number of carbonyl (C=O) groups excluding carboxylic acids is 3. The molecule has 1 aliphatic heterocycles. The maximum Gasteiger partial charge on any atom is 0.248 e. The number of nitrogens with one attached hydrogen (secondary N) is 2. The standard InChI is InChI=1S/C20H25N5O3S/c1-12-13(2)29-20(22-12)24-17(26)11-25-9-3-4-15(10-25)19(28)23-16-7-5-14(6-8-16)18(21)27/h5-8,15H,3-4,9-11H2,1-2H3,(H2,21,27)(H,23,28)(H,22,24,26). The minimum Gasteiger partial charge on any atom is -0.366 e. The highest BCUT2D eigenvalue weighted by Gasteiger charge is 2.27. The van der Waals surface area contributed by atoms with Crippen LogP contribution in [0, 0.1) is 19.8 Å². The second-order valence-electron chi connectivity index (χ2n) is 7.21. The summed E-state index contributed by atoms with van der Waals surface area (Å²) in [6.45, 7) is 5.42. The maximum absolute atomic E-state index is 12.6. The molecule has 0 bridgehead atoms. The number of nitrogens with two attached hydrogens (primary N) is 1. The Kier molecular flexibility index (Phi) is 6.60. The quantitative estimate of drug-likeness (QED) is 0.668. The van der Waals surface area contributed by atoms with Crippen LogP contribution >= 0.6 is 11.3 Å². The van der Waals surface area contributed by atoms with Gasteiger partial charge >= 0.3 is 0 Å². The lowest BCUT2D eigenvalue weighted by Crippen LogP contribution is -2.44. The Morgan fingerprint density at radius 2 is 1.93 bits per heavy atom. The van der Waals surface area contributed by atoms with Gasteiger partial charge in [-0.1, -0.05) is 0 Å². The Labute approximate surface area is 173 Å². The van der Waals surface area contributed by atoms with Gasteiger partial charge in [0.15, 0.2) is 5.13 Å². The summed E-state index contributed by atoms with van der Waals surface area (Å²) in [5.41, 5.74) is 7.15. The highest BCUT2D eigenvalue weighted by atomic mass is 32.1. The van der Waals surface area contributed by atoms with E-state index in [4.69, 9.17) is 5.73 Å². The van der Waals surface area contributed by atoms with E-state index in [1.165, 1.54) is 11.3 Å². The van der Waals surface area contributed by atoms with E-state index in [1.54, 1.807) is 24.3 Å². The largest absolute Gasteiger partial charge is 0.366 e. The molecule has 0 spiro atoms. The maximum atomic E-state index is 12.6. The van der Waals surface area contributed by atoms with Crippen LogP contribution in [0.3, 0.4) is 0 Å². The van der Waals surface area contributed by atoms with E-state index < -0.39 is 5.91 Å². The highest BCUT2D eigenvalue weighted by Crippen LogP contribution is 2.22. The van der Waals surface area contributed by atoms with Crippen molar-refractivity contribution in [3.63, 3.8) is 0 Å². The van der Waals surface area contributed by atoms with E-state index in [0.29, 0.717) is 22.9 Å². The minimum absolute atomic E-state index is 0.0897. The number of amides is 3. The Morgan fingerprint density at radius 3 is 2.55 bits per heavy atom. The van der Waals surface area contributed by atoms with Crippen molar-refractivity contribution in [1.82, 2.24) is 9.88 Å². The summed E-state index contributed by atoms with van der Waals surface area (Å²) in [5, 5.41) is 6.32. The average Bonchev–Trinajstić information content (AvgIpc) is 2.99. The van der Waals surface area contributed by atoms with Crippen molar-refractivity contribution >= 4 is 39.9 Å². The molecule has 154 valence electrons. The highest BCUT2D eigenvalue weighted by molar-refractivity contribution is 7.15. The molecule has 2 heterocycles. The molecule has 3 rings (SSSR count). The fraction of sp³-hybridized carbons (Fsp3) is 0.400. The molecular formula is C20H25N5O3S. The van der Waals surface area contributed by atoms with Gasteiger partial charge in [0.05, 0.1) is 18.2 Å². The summed E-state index contributed by atoms with van der Waals surface area (Å²) < 4.78 is 0. The summed E-state index contributed by atoms with van der Waals surface area (Å²) in [6, 6.07) is 6.48. The topological polar surface area (TPSA) is 117 Å². The Bertz CT molecular complexity index is 890. The molecule has 9 heteroatoms. The first-order valence-electron chi connectivity index (χ1n) is 9.49. The van der Waals surface area contributed by atoms with E-state index in [-0.39, 0.29) is 24.3 Å². The molecule has 2 aromatic rings. The first-order valence-corrected chi connectivity index (χ1v) is 10.3. The monoisotopic (exact) mass is 415 g/mol. The van der Waals surface area contributed by atoms with Crippen LogP contribution in [0.2, 0.25) is 0 Å². The third-order valence-corrected chi connectivity index (χ3v) is 5.94. The number of carbonyl (C=O) groups is 3. The number of hydrogen-bond donors (Lipinski definition) is 3. The molecule has 1 saturated heterocycles. The van der Waals surface area contributed by atoms with Crippen LogP contribution in [0.25, 0.3) is 0 Å². The molecule has 1 aromatic carbocycles. The molecule has 0 saturated carbocycles. The van der Waals surface area contributed by atoms with E-state index >= 15 is 0 Å². The number of anilines is 2. The summed E-state index contributed by atoms with van der Waals surface area (Å²) in [7, 11) is 0. The number of rotatable bonds is 6. The van der Waals surface area contributed by atoms with Crippen molar-refractivity contribution in [1.29, 1.82) is 0 Å². The van der Waals surface area contributed by atoms with Crippen molar-refractivity contribution in [2.24, 2.45) is 11.7 Å². The lowest BCUT2D eigenvalue weighted by Gasteiger charge is -2.31. The lowest BCUT2D eigenvalue weighted by molar-refractivity contribution is -0.123. The number of nitrogens with zero attached hydrogens (tertiary/aromatic N) is 2. The zero-order valence-corrected chi connectivity index (χ0v) is 17.3. The molecule has 1 fully saturated rings. The molecule has 1 aromatic heterocycles. The summed E-state index contributed by atoms with van der Waals surface area (Å²) >= 11 is 1.46. The summed E-state index contributed by atoms with van der Waals surface area (Å²) in [5.74, 6) is -0.918. The smallest absolute Gasteiger partial charge is 0.248 e. The van der Waals surface area contributed by atoms with Crippen LogP contribution in [-0.4, -0.2) is 47.2 Å². The van der Waals surface area contributed by atoms with Crippen molar-refractivity contribution in [2.45, 2.75) is 26.7 Å². The fourth-order valence-corrected chi connectivity index (χ4v) is 4.09. The number of aromatic nitrogens is 1. The number of primary amides is 1. The number of piperidine rings is 1. The molecule has 4 N–H and O–H groups in total. The molecule has 1 aliphatic rings. The van der Waals surface area contributed by atoms with Gasteiger partial charge in [0.2, 0.25) is 17.7 Å². The van der Waals surface area contributed by atoms with Crippen LogP contribution in [0.15, 0.2) is 24.3 Å². The number of likely N-dealkylation sites (tertiary alicyclic amines) is 1. The van der Waals surface area contributed by atoms with Crippen LogP contribution in [0.1, 0.15) is 33.8 Å². The van der Waals surface area contributed by atoms with Gasteiger partial charge in [-0.25, -0.2) is 4.98 Å². The molecular weight excluding hydrogens is 390 g/mol. The van der Waals surface area contributed by atoms with Gasteiger partial charge < -0.3 is 16.4 Å². The van der Waals surface area contributed by atoms with Gasteiger partial charge in [-0.05, 0) is 57.5 Å². The predicted molar refractivity (Wildman–Crippen MR) is 113 cm³/mol. The minimum atomic E-state index is -0.507. The van der Waals surface area contributed by atoms with E-state index in [1.807, 2.05) is 18.7 Å². The van der Waals surface area contributed by atoms with Crippen molar-refractivity contribution < 1.29 is 14.4 Å². The Balaban J connectivity index is 1.51. The molecule has 29 heavy (non-hydrogen) atoms. The van der Waals surface area contributed by atoms with E-state index in [2.05, 4.69) is 15.6 Å². The first-order chi connectivity index (χ1) is 13.8. The van der Waals surface area contributed by atoms with Gasteiger partial charge in [-0.3, -0.25) is 19.3 Å². The van der Waals surface area contributed by atoms with Crippen LogP contribution in [-0.2, 0) is 9.59 Å². The first kappa shape index (κ1) is 20.9. The van der Waals surface area contributed by atoms with Crippen molar-refractivity contribution in [3.8, 4) is 0 Å². The number of aryl methyl sites for hydroxylation is 2. The third-order valence-electron chi connectivity index (χ3n) is 4.96. The molecule has 8 nitrogen and oxygen atoms in total. The van der Waals surface area contributed by atoms with Gasteiger partial charge in [0.25, 0.3) is 0 Å². The van der Waals surface area contributed by atoms with Crippen LogP contribution < -0.4 is 16.4 Å².